The summed E-state index contributed by atoms with van der Waals surface area (Å²) in [5, 5.41) is 8.61. The van der Waals surface area contributed by atoms with E-state index in [4.69, 9.17) is 5.11 Å². The van der Waals surface area contributed by atoms with Crippen molar-refractivity contribution in [2.24, 2.45) is 0 Å². The lowest BCUT2D eigenvalue weighted by Gasteiger charge is -1.97. The van der Waals surface area contributed by atoms with Crippen molar-refractivity contribution in [3.63, 3.8) is 0 Å². The van der Waals surface area contributed by atoms with Crippen molar-refractivity contribution in [3.8, 4) is 0 Å². The fourth-order valence-corrected chi connectivity index (χ4v) is 0.997. The van der Waals surface area contributed by atoms with Crippen LogP contribution >= 0.6 is 0 Å². The van der Waals surface area contributed by atoms with Crippen molar-refractivity contribution in [2.45, 2.75) is 27.2 Å². The van der Waals surface area contributed by atoms with E-state index in [9.17, 15) is 0 Å². The molecule has 68 valence electrons. The molecule has 12 heavy (non-hydrogen) atoms. The zero-order valence-electron chi connectivity index (χ0n) is 8.17. The second-order valence-electron chi connectivity index (χ2n) is 2.46. The largest absolute Gasteiger partial charge is 0.396 e. The third-order valence-corrected chi connectivity index (χ3v) is 1.48. The lowest BCUT2D eigenvalue weighted by Crippen LogP contribution is -1.89. The predicted molar refractivity (Wildman–Crippen MR) is 53.3 cm³/mol. The summed E-state index contributed by atoms with van der Waals surface area (Å²) in [6.07, 6.45) is 0.766. The highest BCUT2D eigenvalue weighted by molar-refractivity contribution is 5.22. The van der Waals surface area contributed by atoms with Gasteiger partial charge in [0.05, 0.1) is 0 Å². The second-order valence-corrected chi connectivity index (χ2v) is 2.46. The van der Waals surface area contributed by atoms with E-state index in [1.54, 1.807) is 0 Å². The third kappa shape index (κ3) is 4.14. The van der Waals surface area contributed by atoms with Gasteiger partial charge >= 0.3 is 0 Å². The Hall–Kier alpha value is -0.820. The monoisotopic (exact) mass is 166 g/mol. The summed E-state index contributed by atoms with van der Waals surface area (Å²) in [5.74, 6) is 0. The maximum atomic E-state index is 8.61. The third-order valence-electron chi connectivity index (χ3n) is 1.48. The van der Waals surface area contributed by atoms with Crippen molar-refractivity contribution in [1.82, 2.24) is 0 Å². The molecule has 0 aromatic heterocycles. The van der Waals surface area contributed by atoms with Crippen LogP contribution in [-0.2, 0) is 6.42 Å². The minimum atomic E-state index is 0.240. The topological polar surface area (TPSA) is 20.2 Å². The highest BCUT2D eigenvalue weighted by Gasteiger charge is 1.89. The van der Waals surface area contributed by atoms with Gasteiger partial charge in [-0.15, -0.1) is 0 Å². The highest BCUT2D eigenvalue weighted by atomic mass is 16.2. The van der Waals surface area contributed by atoms with Crippen molar-refractivity contribution in [1.29, 1.82) is 0 Å². The highest BCUT2D eigenvalue weighted by Crippen LogP contribution is 2.03. The van der Waals surface area contributed by atoms with Gasteiger partial charge in [-0.3, -0.25) is 0 Å². The Kier molecular flexibility index (Phi) is 6.39. The molecule has 0 amide bonds. The number of aliphatic hydroxyl groups is 1. The number of rotatable bonds is 2. The molecule has 0 spiro atoms. The van der Waals surface area contributed by atoms with Crippen molar-refractivity contribution >= 4 is 0 Å². The fraction of sp³-hybridized carbons (Fsp3) is 0.455. The predicted octanol–water partition coefficient (Wildman–Crippen LogP) is 2.56. The van der Waals surface area contributed by atoms with Crippen molar-refractivity contribution < 1.29 is 5.11 Å². The van der Waals surface area contributed by atoms with Crippen LogP contribution < -0.4 is 0 Å². The average molecular weight is 166 g/mol. The van der Waals surface area contributed by atoms with Crippen LogP contribution in [0, 0.1) is 6.92 Å². The summed E-state index contributed by atoms with van der Waals surface area (Å²) >= 11 is 0. The van der Waals surface area contributed by atoms with Crippen LogP contribution in [0.1, 0.15) is 25.0 Å². The SMILES string of the molecule is CC.Cc1cccc(CCO)c1. The van der Waals surface area contributed by atoms with Crippen LogP contribution in [0.4, 0.5) is 0 Å². The lowest BCUT2D eigenvalue weighted by atomic mass is 10.1. The molecule has 0 aliphatic heterocycles. The number of aryl methyl sites for hydroxylation is 1. The molecule has 0 aliphatic carbocycles. The molecule has 0 radical (unpaired) electrons. The van der Waals surface area contributed by atoms with Gasteiger partial charge in [0.2, 0.25) is 0 Å². The summed E-state index contributed by atoms with van der Waals surface area (Å²) in [5.41, 5.74) is 2.47. The maximum Gasteiger partial charge on any atom is 0.0471 e. The zero-order valence-corrected chi connectivity index (χ0v) is 8.17. The average Bonchev–Trinajstić information content (AvgIpc) is 2.09. The first-order chi connectivity index (χ1) is 5.83. The Bertz CT molecular complexity index is 206. The van der Waals surface area contributed by atoms with Gasteiger partial charge in [0.25, 0.3) is 0 Å². The molecule has 0 saturated heterocycles. The minimum absolute atomic E-state index is 0.240. The Balaban J connectivity index is 0.000000561. The molecule has 0 unspecified atom stereocenters. The van der Waals surface area contributed by atoms with Crippen LogP contribution in [0.25, 0.3) is 0 Å². The van der Waals surface area contributed by atoms with Gasteiger partial charge in [-0.1, -0.05) is 43.7 Å². The van der Waals surface area contributed by atoms with Crippen LogP contribution in [0.3, 0.4) is 0 Å². The van der Waals surface area contributed by atoms with Gasteiger partial charge in [-0.2, -0.15) is 0 Å². The maximum absolute atomic E-state index is 8.61. The van der Waals surface area contributed by atoms with E-state index >= 15 is 0 Å². The van der Waals surface area contributed by atoms with Gasteiger partial charge in [0.15, 0.2) is 0 Å². The number of hydrogen-bond donors (Lipinski definition) is 1. The van der Waals surface area contributed by atoms with E-state index in [2.05, 4.69) is 19.1 Å². The smallest absolute Gasteiger partial charge is 0.0471 e. The van der Waals surface area contributed by atoms with Gasteiger partial charge in [0.1, 0.15) is 0 Å². The number of benzene rings is 1. The Morgan fingerprint density at radius 2 is 1.92 bits per heavy atom. The number of hydrogen-bond acceptors (Lipinski definition) is 1. The van der Waals surface area contributed by atoms with E-state index in [-0.39, 0.29) is 6.61 Å². The summed E-state index contributed by atoms with van der Waals surface area (Å²) in [4.78, 5) is 0. The van der Waals surface area contributed by atoms with Crippen LogP contribution in [0.5, 0.6) is 0 Å². The van der Waals surface area contributed by atoms with E-state index < -0.39 is 0 Å². The molecular formula is C11H18O. The molecule has 1 rings (SSSR count). The zero-order chi connectivity index (χ0) is 9.40. The van der Waals surface area contributed by atoms with E-state index in [1.807, 2.05) is 26.0 Å². The first kappa shape index (κ1) is 11.2. The normalized spacial score (nSPS) is 8.67. The quantitative estimate of drug-likeness (QED) is 0.716. The Morgan fingerprint density at radius 3 is 2.42 bits per heavy atom. The molecule has 1 nitrogen and oxygen atoms in total. The Morgan fingerprint density at radius 1 is 1.25 bits per heavy atom. The second kappa shape index (κ2) is 6.86. The fourth-order valence-electron chi connectivity index (χ4n) is 0.997. The molecule has 1 N–H and O–H groups in total. The molecule has 0 saturated carbocycles. The molecule has 0 bridgehead atoms. The molecule has 0 fully saturated rings. The summed E-state index contributed by atoms with van der Waals surface area (Å²) in [7, 11) is 0. The van der Waals surface area contributed by atoms with Gasteiger partial charge in [0, 0.05) is 6.61 Å². The summed E-state index contributed by atoms with van der Waals surface area (Å²) in [6, 6.07) is 8.20. The minimum Gasteiger partial charge on any atom is -0.396 e. The summed E-state index contributed by atoms with van der Waals surface area (Å²) in [6.45, 7) is 6.30. The van der Waals surface area contributed by atoms with Gasteiger partial charge in [-0.05, 0) is 18.9 Å². The van der Waals surface area contributed by atoms with E-state index in [0.29, 0.717) is 0 Å². The van der Waals surface area contributed by atoms with E-state index in [1.165, 1.54) is 11.1 Å². The molecule has 0 atom stereocenters. The molecule has 0 heterocycles. The Labute approximate surface area is 75.1 Å². The molecule has 1 aromatic rings. The van der Waals surface area contributed by atoms with Crippen LogP contribution in [-0.4, -0.2) is 11.7 Å². The van der Waals surface area contributed by atoms with Crippen LogP contribution in [0.15, 0.2) is 24.3 Å². The molecular weight excluding hydrogens is 148 g/mol. The lowest BCUT2D eigenvalue weighted by molar-refractivity contribution is 0.299. The van der Waals surface area contributed by atoms with Gasteiger partial charge < -0.3 is 5.11 Å². The van der Waals surface area contributed by atoms with Gasteiger partial charge in [-0.25, -0.2) is 0 Å². The van der Waals surface area contributed by atoms with Crippen molar-refractivity contribution in [3.05, 3.63) is 35.4 Å². The molecule has 1 heteroatoms. The van der Waals surface area contributed by atoms with Crippen molar-refractivity contribution in [2.75, 3.05) is 6.61 Å². The first-order valence-electron chi connectivity index (χ1n) is 4.49. The number of aliphatic hydroxyl groups excluding tert-OH is 1. The molecule has 1 aromatic carbocycles. The molecule has 0 aliphatic rings. The summed E-state index contributed by atoms with van der Waals surface area (Å²) < 4.78 is 0. The van der Waals surface area contributed by atoms with E-state index in [0.717, 1.165) is 6.42 Å². The van der Waals surface area contributed by atoms with Crippen LogP contribution in [0.2, 0.25) is 0 Å². The standard InChI is InChI=1S/C9H12O.C2H6/c1-8-3-2-4-9(7-8)5-6-10;1-2/h2-4,7,10H,5-6H2,1H3;1-2H3. The first-order valence-corrected chi connectivity index (χ1v) is 4.49.